The summed E-state index contributed by atoms with van der Waals surface area (Å²) in [5, 5.41) is 21.3. The molecule has 3 aromatic rings. The minimum Gasteiger partial charge on any atom is -0.394 e. The van der Waals surface area contributed by atoms with Crippen molar-refractivity contribution in [3.05, 3.63) is 42.4 Å². The van der Waals surface area contributed by atoms with Crippen LogP contribution in [0.25, 0.3) is 20.9 Å². The number of carbonyl (C=O) groups excluding carboxylic acids is 1. The molecule has 1 amide bonds. The van der Waals surface area contributed by atoms with Crippen molar-refractivity contribution < 1.29 is 15.0 Å². The first-order valence-electron chi connectivity index (χ1n) is 6.92. The van der Waals surface area contributed by atoms with Crippen LogP contribution in [0.5, 0.6) is 0 Å². The van der Waals surface area contributed by atoms with Crippen LogP contribution in [0.2, 0.25) is 0 Å². The molecule has 1 aromatic carbocycles. The van der Waals surface area contributed by atoms with Crippen molar-refractivity contribution in [1.82, 2.24) is 20.3 Å². The van der Waals surface area contributed by atoms with Crippen LogP contribution >= 0.6 is 11.3 Å². The van der Waals surface area contributed by atoms with Gasteiger partial charge in [-0.05, 0) is 12.1 Å². The minimum absolute atomic E-state index is 0.110. The van der Waals surface area contributed by atoms with E-state index in [0.29, 0.717) is 10.7 Å². The molecule has 0 aliphatic rings. The highest BCUT2D eigenvalue weighted by atomic mass is 32.1. The number of aromatic nitrogens is 3. The quantitative estimate of drug-likeness (QED) is 0.640. The molecule has 0 unspecified atom stereocenters. The van der Waals surface area contributed by atoms with Gasteiger partial charge in [0.25, 0.3) is 5.91 Å². The molecular weight excluding hydrogens is 316 g/mol. The fraction of sp³-hybridized carbons (Fsp3) is 0.200. The van der Waals surface area contributed by atoms with E-state index in [2.05, 4.69) is 20.3 Å². The summed E-state index contributed by atoms with van der Waals surface area (Å²) in [6, 6.07) is 6.90. The van der Waals surface area contributed by atoms with Crippen molar-refractivity contribution in [3.63, 3.8) is 0 Å². The second-order valence-electron chi connectivity index (χ2n) is 4.78. The summed E-state index contributed by atoms with van der Waals surface area (Å²) >= 11 is 1.42. The van der Waals surface area contributed by atoms with Crippen LogP contribution in [0.4, 0.5) is 0 Å². The number of thiazole rings is 1. The van der Waals surface area contributed by atoms with E-state index in [4.69, 9.17) is 10.2 Å². The number of hydrogen-bond donors (Lipinski definition) is 3. The molecule has 3 rings (SSSR count). The highest BCUT2D eigenvalue weighted by Gasteiger charge is 2.20. The molecule has 3 N–H and O–H groups in total. The molecule has 23 heavy (non-hydrogen) atoms. The van der Waals surface area contributed by atoms with Gasteiger partial charge in [0.1, 0.15) is 10.7 Å². The molecule has 0 atom stereocenters. The molecule has 0 aliphatic heterocycles. The van der Waals surface area contributed by atoms with Crippen LogP contribution < -0.4 is 5.32 Å². The second kappa shape index (κ2) is 6.78. The van der Waals surface area contributed by atoms with Crippen LogP contribution in [0.3, 0.4) is 0 Å². The van der Waals surface area contributed by atoms with Crippen molar-refractivity contribution in [3.8, 4) is 10.7 Å². The Hall–Kier alpha value is -2.42. The molecule has 0 fully saturated rings. The zero-order chi connectivity index (χ0) is 16.2. The van der Waals surface area contributed by atoms with Gasteiger partial charge in [-0.3, -0.25) is 4.79 Å². The van der Waals surface area contributed by atoms with Gasteiger partial charge in [0.05, 0.1) is 29.5 Å². The highest BCUT2D eigenvalue weighted by Crippen LogP contribution is 2.29. The SMILES string of the molecule is O=C(NC(CO)CO)c1nccnc1-c1nc2ccccc2s1. The minimum atomic E-state index is -0.743. The van der Waals surface area contributed by atoms with E-state index in [0.717, 1.165) is 10.2 Å². The Bertz CT molecular complexity index is 799. The van der Waals surface area contributed by atoms with Crippen LogP contribution in [-0.2, 0) is 0 Å². The van der Waals surface area contributed by atoms with E-state index in [1.54, 1.807) is 0 Å². The van der Waals surface area contributed by atoms with E-state index >= 15 is 0 Å². The Morgan fingerprint density at radius 3 is 2.65 bits per heavy atom. The molecule has 0 saturated heterocycles. The van der Waals surface area contributed by atoms with E-state index in [1.165, 1.54) is 23.7 Å². The molecule has 0 saturated carbocycles. The summed E-state index contributed by atoms with van der Waals surface area (Å²) in [6.07, 6.45) is 2.91. The van der Waals surface area contributed by atoms with E-state index in [-0.39, 0.29) is 18.9 Å². The number of carbonyl (C=O) groups is 1. The number of amides is 1. The lowest BCUT2D eigenvalue weighted by Gasteiger charge is -2.13. The number of aliphatic hydroxyl groups excluding tert-OH is 2. The van der Waals surface area contributed by atoms with Crippen molar-refractivity contribution in [2.45, 2.75) is 6.04 Å². The molecule has 8 heteroatoms. The smallest absolute Gasteiger partial charge is 0.272 e. The van der Waals surface area contributed by atoms with Crippen molar-refractivity contribution >= 4 is 27.5 Å². The maximum Gasteiger partial charge on any atom is 0.272 e. The van der Waals surface area contributed by atoms with Gasteiger partial charge in [0, 0.05) is 12.4 Å². The second-order valence-corrected chi connectivity index (χ2v) is 5.81. The number of nitrogens with one attached hydrogen (secondary N) is 1. The maximum absolute atomic E-state index is 12.3. The van der Waals surface area contributed by atoms with E-state index in [9.17, 15) is 4.79 Å². The number of hydrogen-bond acceptors (Lipinski definition) is 7. The number of benzene rings is 1. The van der Waals surface area contributed by atoms with Crippen LogP contribution in [0.15, 0.2) is 36.7 Å². The average molecular weight is 330 g/mol. The van der Waals surface area contributed by atoms with Gasteiger partial charge < -0.3 is 15.5 Å². The molecule has 2 aromatic heterocycles. The Balaban J connectivity index is 1.98. The molecule has 7 nitrogen and oxygen atoms in total. The van der Waals surface area contributed by atoms with Gasteiger partial charge >= 0.3 is 0 Å². The van der Waals surface area contributed by atoms with Gasteiger partial charge in [-0.1, -0.05) is 12.1 Å². The summed E-state index contributed by atoms with van der Waals surface area (Å²) < 4.78 is 0.989. The van der Waals surface area contributed by atoms with Crippen LogP contribution in [-0.4, -0.2) is 50.3 Å². The van der Waals surface area contributed by atoms with Gasteiger partial charge in [-0.15, -0.1) is 11.3 Å². The maximum atomic E-state index is 12.3. The van der Waals surface area contributed by atoms with Crippen molar-refractivity contribution in [2.24, 2.45) is 0 Å². The van der Waals surface area contributed by atoms with E-state index < -0.39 is 11.9 Å². The van der Waals surface area contributed by atoms with E-state index in [1.807, 2.05) is 24.3 Å². The topological polar surface area (TPSA) is 108 Å². The molecule has 0 spiro atoms. The average Bonchev–Trinajstić information content (AvgIpc) is 3.03. The van der Waals surface area contributed by atoms with Gasteiger partial charge in [-0.2, -0.15) is 0 Å². The van der Waals surface area contributed by atoms with Crippen molar-refractivity contribution in [2.75, 3.05) is 13.2 Å². The zero-order valence-electron chi connectivity index (χ0n) is 12.0. The first kappa shape index (κ1) is 15.5. The third-order valence-corrected chi connectivity index (χ3v) is 4.23. The third kappa shape index (κ3) is 3.19. The number of aliphatic hydroxyl groups is 2. The largest absolute Gasteiger partial charge is 0.394 e. The highest BCUT2D eigenvalue weighted by molar-refractivity contribution is 7.21. The summed E-state index contributed by atoms with van der Waals surface area (Å²) in [5.74, 6) is -0.513. The molecule has 2 heterocycles. The normalized spacial score (nSPS) is 11.1. The number of rotatable bonds is 5. The fourth-order valence-corrected chi connectivity index (χ4v) is 3.00. The van der Waals surface area contributed by atoms with Crippen LogP contribution in [0.1, 0.15) is 10.5 Å². The third-order valence-electron chi connectivity index (χ3n) is 3.19. The molecule has 118 valence electrons. The molecular formula is C15H14N4O3S. The first-order valence-corrected chi connectivity index (χ1v) is 7.74. The summed E-state index contributed by atoms with van der Waals surface area (Å²) in [6.45, 7) is -0.724. The lowest BCUT2D eigenvalue weighted by atomic mass is 10.2. The predicted molar refractivity (Wildman–Crippen MR) is 86.1 cm³/mol. The Morgan fingerprint density at radius 2 is 1.91 bits per heavy atom. The van der Waals surface area contributed by atoms with Crippen molar-refractivity contribution in [1.29, 1.82) is 0 Å². The van der Waals surface area contributed by atoms with Gasteiger partial charge in [0.15, 0.2) is 5.69 Å². The lowest BCUT2D eigenvalue weighted by molar-refractivity contribution is 0.0875. The molecule has 0 radical (unpaired) electrons. The summed E-state index contributed by atoms with van der Waals surface area (Å²) in [7, 11) is 0. The van der Waals surface area contributed by atoms with Gasteiger partial charge in [-0.25, -0.2) is 15.0 Å². The standard InChI is InChI=1S/C15H14N4O3S/c20-7-9(8-21)18-14(22)12-13(17-6-5-16-12)15-19-10-3-1-2-4-11(10)23-15/h1-6,9,20-21H,7-8H2,(H,18,22). The number of fused-ring (bicyclic) bond motifs is 1. The predicted octanol–water partition coefficient (Wildman–Crippen LogP) is 0.836. The number of nitrogens with zero attached hydrogens (tertiary/aromatic N) is 3. The Morgan fingerprint density at radius 1 is 1.17 bits per heavy atom. The Labute approximate surface area is 135 Å². The Kier molecular flexibility index (Phi) is 4.56. The van der Waals surface area contributed by atoms with Gasteiger partial charge in [0.2, 0.25) is 0 Å². The van der Waals surface area contributed by atoms with Crippen LogP contribution in [0, 0.1) is 0 Å². The zero-order valence-corrected chi connectivity index (χ0v) is 12.8. The lowest BCUT2D eigenvalue weighted by Crippen LogP contribution is -2.40. The molecule has 0 aliphatic carbocycles. The molecule has 0 bridgehead atoms. The first-order chi connectivity index (χ1) is 11.2. The fourth-order valence-electron chi connectivity index (χ4n) is 2.04. The summed E-state index contributed by atoms with van der Waals surface area (Å²) in [5.41, 5.74) is 1.31. The summed E-state index contributed by atoms with van der Waals surface area (Å²) in [4.78, 5) is 25.1. The number of para-hydroxylation sites is 1. The monoisotopic (exact) mass is 330 g/mol.